The number of piperidine rings is 2. The van der Waals surface area contributed by atoms with Crippen molar-refractivity contribution in [3.05, 3.63) is 0 Å². The van der Waals surface area contributed by atoms with Gasteiger partial charge in [0.1, 0.15) is 0 Å². The van der Waals surface area contributed by atoms with E-state index < -0.39 is 0 Å². The summed E-state index contributed by atoms with van der Waals surface area (Å²) in [4.78, 5) is 17.2. The third kappa shape index (κ3) is 3.50. The molecule has 2 saturated carbocycles. The van der Waals surface area contributed by atoms with Gasteiger partial charge in [-0.2, -0.15) is 0 Å². The summed E-state index contributed by atoms with van der Waals surface area (Å²) in [6, 6.07) is 0.626. The van der Waals surface area contributed by atoms with Crippen molar-refractivity contribution in [1.82, 2.24) is 9.80 Å². The van der Waals surface area contributed by atoms with Gasteiger partial charge in [-0.05, 0) is 57.4 Å². The van der Waals surface area contributed by atoms with Crippen LogP contribution in [0.25, 0.3) is 0 Å². The van der Waals surface area contributed by atoms with Gasteiger partial charge in [-0.1, -0.05) is 19.3 Å². The summed E-state index contributed by atoms with van der Waals surface area (Å²) in [6.07, 6.45) is 12.2. The minimum Gasteiger partial charge on any atom is -0.396 e. The zero-order valence-corrected chi connectivity index (χ0v) is 15.1. The number of carbonyl (C=O) groups excluding carboxylic acids is 1. The summed E-state index contributed by atoms with van der Waals surface area (Å²) in [7, 11) is 0. The largest absolute Gasteiger partial charge is 0.396 e. The fourth-order valence-electron chi connectivity index (χ4n) is 5.22. The lowest BCUT2D eigenvalue weighted by atomic mass is 9.75. The first kappa shape index (κ1) is 16.8. The van der Waals surface area contributed by atoms with Crippen molar-refractivity contribution in [3.8, 4) is 0 Å². The summed E-state index contributed by atoms with van der Waals surface area (Å²) < 4.78 is 0. The number of rotatable bonds is 5. The van der Waals surface area contributed by atoms with E-state index in [2.05, 4.69) is 9.80 Å². The maximum Gasteiger partial charge on any atom is 0.225 e. The van der Waals surface area contributed by atoms with E-state index in [1.54, 1.807) is 0 Å². The molecule has 4 aliphatic rings. The smallest absolute Gasteiger partial charge is 0.225 e. The van der Waals surface area contributed by atoms with Crippen molar-refractivity contribution in [3.63, 3.8) is 0 Å². The molecule has 2 heterocycles. The highest BCUT2D eigenvalue weighted by molar-refractivity contribution is 5.79. The average molecular weight is 335 g/mol. The fourth-order valence-corrected chi connectivity index (χ4v) is 5.22. The Labute approximate surface area is 146 Å². The van der Waals surface area contributed by atoms with E-state index in [0.29, 0.717) is 24.5 Å². The zero-order chi connectivity index (χ0) is 16.6. The van der Waals surface area contributed by atoms with E-state index in [1.807, 2.05) is 0 Å². The van der Waals surface area contributed by atoms with E-state index in [9.17, 15) is 9.90 Å². The second kappa shape index (κ2) is 6.95. The maximum atomic E-state index is 12.4. The van der Waals surface area contributed by atoms with Crippen LogP contribution >= 0.6 is 0 Å². The van der Waals surface area contributed by atoms with Gasteiger partial charge in [0.05, 0.1) is 0 Å². The van der Waals surface area contributed by atoms with Crippen molar-refractivity contribution in [2.24, 2.45) is 17.3 Å². The van der Waals surface area contributed by atoms with Gasteiger partial charge < -0.3 is 10.0 Å². The Kier molecular flexibility index (Phi) is 4.88. The molecule has 1 amide bonds. The molecule has 2 saturated heterocycles. The molecular formula is C20H34N2O2. The Balaban J connectivity index is 1.30. The number of amides is 1. The van der Waals surface area contributed by atoms with Crippen molar-refractivity contribution < 1.29 is 9.90 Å². The van der Waals surface area contributed by atoms with Gasteiger partial charge in [-0.3, -0.25) is 9.69 Å². The van der Waals surface area contributed by atoms with Crippen LogP contribution in [-0.2, 0) is 4.79 Å². The molecule has 0 bridgehead atoms. The first-order chi connectivity index (χ1) is 11.7. The lowest BCUT2D eigenvalue weighted by molar-refractivity contribution is -0.140. The molecule has 0 unspecified atom stereocenters. The first-order valence-electron chi connectivity index (χ1n) is 10.3. The number of aliphatic hydroxyl groups excluding tert-OH is 1. The number of carbonyl (C=O) groups is 1. The molecule has 0 spiro atoms. The number of aliphatic hydroxyl groups is 1. The first-order valence-corrected chi connectivity index (χ1v) is 10.3. The molecule has 2 aliphatic heterocycles. The van der Waals surface area contributed by atoms with Gasteiger partial charge >= 0.3 is 0 Å². The topological polar surface area (TPSA) is 43.8 Å². The lowest BCUT2D eigenvalue weighted by Gasteiger charge is -2.47. The van der Waals surface area contributed by atoms with E-state index in [0.717, 1.165) is 51.2 Å². The quantitative estimate of drug-likeness (QED) is 0.840. The van der Waals surface area contributed by atoms with Crippen LogP contribution in [-0.4, -0.2) is 59.6 Å². The fraction of sp³-hybridized carbons (Fsp3) is 0.950. The minimum absolute atomic E-state index is 0.165. The molecule has 4 heteroatoms. The van der Waals surface area contributed by atoms with Gasteiger partial charge in [0.25, 0.3) is 0 Å². The summed E-state index contributed by atoms with van der Waals surface area (Å²) in [5.74, 6) is 1.66. The average Bonchev–Trinajstić information content (AvgIpc) is 3.37. The van der Waals surface area contributed by atoms with Crippen molar-refractivity contribution in [2.75, 3.05) is 32.8 Å². The van der Waals surface area contributed by atoms with Crippen LogP contribution in [0, 0.1) is 17.3 Å². The predicted octanol–water partition coefficient (Wildman–Crippen LogP) is 2.65. The van der Waals surface area contributed by atoms with Crippen LogP contribution < -0.4 is 0 Å². The molecule has 136 valence electrons. The van der Waals surface area contributed by atoms with E-state index >= 15 is 0 Å². The van der Waals surface area contributed by atoms with Crippen LogP contribution in [0.5, 0.6) is 0 Å². The van der Waals surface area contributed by atoms with Crippen molar-refractivity contribution >= 4 is 5.91 Å². The van der Waals surface area contributed by atoms with Gasteiger partial charge in [-0.15, -0.1) is 0 Å². The molecule has 0 aromatic rings. The molecule has 4 nitrogen and oxygen atoms in total. The number of hydrogen-bond donors (Lipinski definition) is 1. The Morgan fingerprint density at radius 3 is 2.33 bits per heavy atom. The van der Waals surface area contributed by atoms with Crippen molar-refractivity contribution in [2.45, 2.75) is 70.3 Å². The third-order valence-corrected chi connectivity index (χ3v) is 7.19. The zero-order valence-electron chi connectivity index (χ0n) is 15.1. The van der Waals surface area contributed by atoms with Gasteiger partial charge in [0.2, 0.25) is 5.91 Å². The van der Waals surface area contributed by atoms with Gasteiger partial charge in [0.15, 0.2) is 0 Å². The van der Waals surface area contributed by atoms with E-state index in [4.69, 9.17) is 0 Å². The molecule has 24 heavy (non-hydrogen) atoms. The summed E-state index contributed by atoms with van der Waals surface area (Å²) in [6.45, 7) is 4.53. The monoisotopic (exact) mass is 334 g/mol. The minimum atomic E-state index is 0.165. The molecule has 1 N–H and O–H groups in total. The lowest BCUT2D eigenvalue weighted by Crippen LogP contribution is -2.54. The third-order valence-electron chi connectivity index (χ3n) is 7.19. The maximum absolute atomic E-state index is 12.4. The molecule has 0 radical (unpaired) electrons. The van der Waals surface area contributed by atoms with Crippen LogP contribution in [0.4, 0.5) is 0 Å². The Bertz CT molecular complexity index is 453. The predicted molar refractivity (Wildman–Crippen MR) is 94.6 cm³/mol. The Morgan fingerprint density at radius 1 is 1.00 bits per heavy atom. The second-order valence-electron chi connectivity index (χ2n) is 9.06. The number of nitrogens with zero attached hydrogens (tertiary/aromatic N) is 2. The van der Waals surface area contributed by atoms with Crippen molar-refractivity contribution in [1.29, 1.82) is 0 Å². The van der Waals surface area contributed by atoms with Crippen LogP contribution in [0.15, 0.2) is 0 Å². The molecule has 1 atom stereocenters. The van der Waals surface area contributed by atoms with E-state index in [-0.39, 0.29) is 5.41 Å². The molecular weight excluding hydrogens is 300 g/mol. The number of likely N-dealkylation sites (tertiary alicyclic amines) is 2. The van der Waals surface area contributed by atoms with Gasteiger partial charge in [-0.25, -0.2) is 0 Å². The van der Waals surface area contributed by atoms with Crippen LogP contribution in [0.1, 0.15) is 64.2 Å². The summed E-state index contributed by atoms with van der Waals surface area (Å²) >= 11 is 0. The summed E-state index contributed by atoms with van der Waals surface area (Å²) in [5.41, 5.74) is 0.165. The molecule has 0 aromatic carbocycles. The highest BCUT2D eigenvalue weighted by atomic mass is 16.3. The van der Waals surface area contributed by atoms with E-state index in [1.165, 1.54) is 45.1 Å². The molecule has 0 aromatic heterocycles. The molecule has 2 aliphatic carbocycles. The SMILES string of the molecule is O=C(C1CCC1)N1CCC(N2CCC[C@](CO)(CC3CC3)C2)CC1. The normalized spacial score (nSPS) is 33.5. The number of hydrogen-bond acceptors (Lipinski definition) is 3. The Hall–Kier alpha value is -0.610. The molecule has 4 fully saturated rings. The summed E-state index contributed by atoms with van der Waals surface area (Å²) in [5, 5.41) is 10.1. The Morgan fingerprint density at radius 2 is 1.75 bits per heavy atom. The van der Waals surface area contributed by atoms with Crippen LogP contribution in [0.2, 0.25) is 0 Å². The van der Waals surface area contributed by atoms with Crippen LogP contribution in [0.3, 0.4) is 0 Å². The standard InChI is InChI=1S/C20H34N2O2/c23-15-20(13-16-5-6-16)9-2-10-22(14-20)18-7-11-21(12-8-18)19(24)17-3-1-4-17/h16-18,23H,1-15H2/t20-/m0/s1. The highest BCUT2D eigenvalue weighted by Crippen LogP contribution is 2.45. The molecule has 4 rings (SSSR count). The second-order valence-corrected chi connectivity index (χ2v) is 9.06. The van der Waals surface area contributed by atoms with Gasteiger partial charge in [0, 0.05) is 43.6 Å². The highest BCUT2D eigenvalue weighted by Gasteiger charge is 2.42.